The Kier molecular flexibility index (Phi) is 9.54. The Morgan fingerprint density at radius 2 is 0.931 bits per heavy atom. The van der Waals surface area contributed by atoms with Gasteiger partial charge < -0.3 is 20.8 Å². The highest BCUT2D eigenvalue weighted by Gasteiger charge is 2.20. The van der Waals surface area contributed by atoms with E-state index in [-0.39, 0.29) is 12.1 Å². The Morgan fingerprint density at radius 1 is 0.552 bits per heavy atom. The van der Waals surface area contributed by atoms with Crippen molar-refractivity contribution in [3.8, 4) is 0 Å². The maximum Gasteiger partial charge on any atom is 0.0984 e. The fraction of sp³-hybridized carbons (Fsp3) is 0.280. The summed E-state index contributed by atoms with van der Waals surface area (Å²) in [6, 6.07) is 29.4. The number of aliphatic hydroxyl groups is 2. The van der Waals surface area contributed by atoms with Crippen molar-refractivity contribution < 1.29 is 10.2 Å². The van der Waals surface area contributed by atoms with Crippen LogP contribution in [0.4, 0.5) is 0 Å². The van der Waals surface area contributed by atoms with Gasteiger partial charge in [-0.05, 0) is 37.7 Å². The van der Waals surface area contributed by atoms with Gasteiger partial charge in [0.25, 0.3) is 0 Å². The van der Waals surface area contributed by atoms with Gasteiger partial charge in [0.15, 0.2) is 0 Å². The van der Waals surface area contributed by atoms with Gasteiger partial charge in [0.1, 0.15) is 0 Å². The summed E-state index contributed by atoms with van der Waals surface area (Å²) in [4.78, 5) is 0. The summed E-state index contributed by atoms with van der Waals surface area (Å²) in [5.74, 6) is 0. The number of hydrogen-bond donors (Lipinski definition) is 4. The molecule has 0 aliphatic rings. The highest BCUT2D eigenvalue weighted by molar-refractivity contribution is 5.26. The predicted molar refractivity (Wildman–Crippen MR) is 120 cm³/mol. The molecule has 3 aromatic carbocycles. The number of rotatable bonds is 7. The smallest absolute Gasteiger partial charge is 0.0984 e. The second-order valence-electron chi connectivity index (χ2n) is 6.97. The highest BCUT2D eigenvalue weighted by atomic mass is 16.3. The maximum atomic E-state index is 10.4. The van der Waals surface area contributed by atoms with Crippen LogP contribution in [0.2, 0.25) is 0 Å². The summed E-state index contributed by atoms with van der Waals surface area (Å²) in [6.45, 7) is 1.96. The number of benzene rings is 3. The van der Waals surface area contributed by atoms with Crippen LogP contribution in [0.5, 0.6) is 0 Å². The van der Waals surface area contributed by atoms with E-state index >= 15 is 0 Å². The van der Waals surface area contributed by atoms with Crippen LogP contribution in [-0.4, -0.2) is 30.4 Å². The molecule has 0 spiro atoms. The van der Waals surface area contributed by atoms with Crippen LogP contribution in [0.15, 0.2) is 91.0 Å². The van der Waals surface area contributed by atoms with Crippen molar-refractivity contribution in [3.05, 3.63) is 108 Å². The van der Waals surface area contributed by atoms with Gasteiger partial charge in [-0.25, -0.2) is 0 Å². The van der Waals surface area contributed by atoms with E-state index in [2.05, 4.69) is 10.6 Å². The third-order valence-electron chi connectivity index (χ3n) is 5.00. The molecule has 4 N–H and O–H groups in total. The zero-order valence-electron chi connectivity index (χ0n) is 17.4. The molecule has 4 nitrogen and oxygen atoms in total. The molecule has 0 radical (unpaired) electrons. The Bertz CT molecular complexity index is 797. The molecule has 4 heteroatoms. The lowest BCUT2D eigenvalue weighted by Gasteiger charge is -2.23. The normalized spacial score (nSPS) is 14.8. The molecule has 0 aliphatic carbocycles. The van der Waals surface area contributed by atoms with Crippen molar-refractivity contribution in [2.24, 2.45) is 0 Å². The van der Waals surface area contributed by atoms with Crippen LogP contribution in [0, 0.1) is 0 Å². The third-order valence-corrected chi connectivity index (χ3v) is 5.00. The number of aliphatic hydroxyl groups excluding tert-OH is 2. The second kappa shape index (κ2) is 12.1. The third kappa shape index (κ3) is 6.80. The Labute approximate surface area is 174 Å². The first-order valence-electron chi connectivity index (χ1n) is 9.94. The fourth-order valence-electron chi connectivity index (χ4n) is 3.11. The summed E-state index contributed by atoms with van der Waals surface area (Å²) >= 11 is 0. The molecule has 154 valence electrons. The van der Waals surface area contributed by atoms with Crippen LogP contribution in [-0.2, 0) is 0 Å². The first kappa shape index (κ1) is 22.8. The summed E-state index contributed by atoms with van der Waals surface area (Å²) < 4.78 is 0. The number of hydrogen-bond acceptors (Lipinski definition) is 4. The molecule has 4 unspecified atom stereocenters. The van der Waals surface area contributed by atoms with E-state index in [9.17, 15) is 10.2 Å². The molecule has 0 saturated carbocycles. The van der Waals surface area contributed by atoms with E-state index < -0.39 is 12.2 Å². The molecule has 0 aromatic heterocycles. The van der Waals surface area contributed by atoms with Crippen molar-refractivity contribution in [3.63, 3.8) is 0 Å². The lowest BCUT2D eigenvalue weighted by molar-refractivity contribution is 0.133. The second-order valence-corrected chi connectivity index (χ2v) is 6.97. The Morgan fingerprint density at radius 3 is 1.31 bits per heavy atom. The van der Waals surface area contributed by atoms with Crippen molar-refractivity contribution in [2.75, 3.05) is 14.1 Å². The van der Waals surface area contributed by atoms with Crippen LogP contribution in [0.1, 0.15) is 41.9 Å². The van der Waals surface area contributed by atoms with Crippen molar-refractivity contribution in [1.29, 1.82) is 0 Å². The van der Waals surface area contributed by atoms with Crippen LogP contribution in [0.25, 0.3) is 0 Å². The van der Waals surface area contributed by atoms with Gasteiger partial charge in [0.05, 0.1) is 18.2 Å². The molecular formula is C25H32N2O2. The average Bonchev–Trinajstić information content (AvgIpc) is 2.80. The predicted octanol–water partition coefficient (Wildman–Crippen LogP) is 4.01. The standard InChI is InChI=1S/C15H17NO.C10H15NO/c1-16-14(12-8-4-2-5-9-12)15(17)13-10-6-3-7-11-13;1-8(11-2)10(12)9-6-4-3-5-7-9/h2-11,14-17H,1H3;3-8,10-12H,1-2H3. The Hall–Kier alpha value is -2.50. The van der Waals surface area contributed by atoms with E-state index in [1.165, 1.54) is 0 Å². The fourth-order valence-corrected chi connectivity index (χ4v) is 3.11. The van der Waals surface area contributed by atoms with Gasteiger partial charge in [0.2, 0.25) is 0 Å². The summed E-state index contributed by atoms with van der Waals surface area (Å²) in [6.07, 6.45) is -0.959. The van der Waals surface area contributed by atoms with Crippen LogP contribution < -0.4 is 10.6 Å². The van der Waals surface area contributed by atoms with E-state index in [1.807, 2.05) is 112 Å². The van der Waals surface area contributed by atoms with E-state index in [4.69, 9.17) is 0 Å². The minimum absolute atomic E-state index is 0.0846. The topological polar surface area (TPSA) is 64.5 Å². The lowest BCUT2D eigenvalue weighted by Crippen LogP contribution is -2.28. The number of nitrogens with one attached hydrogen (secondary N) is 2. The lowest BCUT2D eigenvalue weighted by atomic mass is 9.96. The van der Waals surface area contributed by atoms with Crippen molar-refractivity contribution >= 4 is 0 Å². The largest absolute Gasteiger partial charge is 0.387 e. The molecule has 3 rings (SSSR count). The van der Waals surface area contributed by atoms with Crippen molar-refractivity contribution in [2.45, 2.75) is 31.2 Å². The molecule has 4 atom stereocenters. The molecule has 0 heterocycles. The summed E-state index contributed by atoms with van der Waals surface area (Å²) in [5, 5.41) is 26.3. The van der Waals surface area contributed by atoms with E-state index in [0.717, 1.165) is 16.7 Å². The average molecular weight is 393 g/mol. The van der Waals surface area contributed by atoms with Gasteiger partial charge in [-0.2, -0.15) is 0 Å². The zero-order valence-corrected chi connectivity index (χ0v) is 17.4. The van der Waals surface area contributed by atoms with Gasteiger partial charge >= 0.3 is 0 Å². The van der Waals surface area contributed by atoms with Crippen LogP contribution in [0.3, 0.4) is 0 Å². The van der Waals surface area contributed by atoms with Gasteiger partial charge in [-0.1, -0.05) is 91.0 Å². The minimum atomic E-state index is -0.538. The monoisotopic (exact) mass is 392 g/mol. The quantitative estimate of drug-likeness (QED) is 0.491. The highest BCUT2D eigenvalue weighted by Crippen LogP contribution is 2.27. The molecule has 0 fully saturated rings. The van der Waals surface area contributed by atoms with Crippen molar-refractivity contribution in [1.82, 2.24) is 10.6 Å². The first-order valence-corrected chi connectivity index (χ1v) is 9.94. The first-order chi connectivity index (χ1) is 14.1. The molecule has 3 aromatic rings. The van der Waals surface area contributed by atoms with Gasteiger partial charge in [-0.15, -0.1) is 0 Å². The minimum Gasteiger partial charge on any atom is -0.387 e. The summed E-state index contributed by atoms with van der Waals surface area (Å²) in [7, 11) is 3.71. The molecule has 0 amide bonds. The molecule has 0 aliphatic heterocycles. The Balaban J connectivity index is 0.000000221. The summed E-state index contributed by atoms with van der Waals surface area (Å²) in [5.41, 5.74) is 2.97. The molecule has 29 heavy (non-hydrogen) atoms. The molecule has 0 saturated heterocycles. The molecular weight excluding hydrogens is 360 g/mol. The van der Waals surface area contributed by atoms with E-state index in [0.29, 0.717) is 0 Å². The van der Waals surface area contributed by atoms with Gasteiger partial charge in [0, 0.05) is 6.04 Å². The van der Waals surface area contributed by atoms with Gasteiger partial charge in [-0.3, -0.25) is 0 Å². The maximum absolute atomic E-state index is 10.4. The number of likely N-dealkylation sites (N-methyl/N-ethyl adjacent to an activating group) is 2. The van der Waals surface area contributed by atoms with E-state index in [1.54, 1.807) is 0 Å². The zero-order chi connectivity index (χ0) is 21.1. The SMILES string of the molecule is CNC(C)C(O)c1ccccc1.CNC(c1ccccc1)C(O)c1ccccc1. The molecule has 0 bridgehead atoms. The van der Waals surface area contributed by atoms with Crippen LogP contribution >= 0.6 is 0 Å².